The molecule has 1 rings (SSSR count). The lowest BCUT2D eigenvalue weighted by atomic mass is 9.77. The summed E-state index contributed by atoms with van der Waals surface area (Å²) in [6.07, 6.45) is 0. The van der Waals surface area contributed by atoms with Crippen LogP contribution in [0.5, 0.6) is 0 Å². The standard InChI is InChI=1S/C9H11BO4.C6H14O2/c1-2-14-9(11)7-5-3-4-6-8(7)10(12)13;1-5(2,7)6(3,4)8/h3-6,12-13H,2H2,1H3;7-8H,1-4H3. The number of rotatable bonds is 4. The van der Waals surface area contributed by atoms with Crippen LogP contribution in [0.25, 0.3) is 0 Å². The van der Waals surface area contributed by atoms with Crippen LogP contribution in [-0.2, 0) is 4.74 Å². The van der Waals surface area contributed by atoms with Gasteiger partial charge in [-0.1, -0.05) is 18.2 Å². The van der Waals surface area contributed by atoms with Gasteiger partial charge in [-0.05, 0) is 46.1 Å². The van der Waals surface area contributed by atoms with E-state index in [1.807, 2.05) is 0 Å². The van der Waals surface area contributed by atoms with E-state index in [-0.39, 0.29) is 17.6 Å². The lowest BCUT2D eigenvalue weighted by Gasteiger charge is -2.31. The van der Waals surface area contributed by atoms with E-state index in [1.54, 1.807) is 46.8 Å². The third kappa shape index (κ3) is 6.57. The van der Waals surface area contributed by atoms with Crippen molar-refractivity contribution in [3.05, 3.63) is 29.8 Å². The molecule has 6 nitrogen and oxygen atoms in total. The Morgan fingerprint density at radius 3 is 1.91 bits per heavy atom. The monoisotopic (exact) mass is 312 g/mol. The van der Waals surface area contributed by atoms with Crippen molar-refractivity contribution in [2.24, 2.45) is 0 Å². The van der Waals surface area contributed by atoms with E-state index >= 15 is 0 Å². The third-order valence-electron chi connectivity index (χ3n) is 3.23. The number of ether oxygens (including phenoxy) is 1. The molecular formula is C15H25BO6. The molecule has 0 fully saturated rings. The first-order valence-corrected chi connectivity index (χ1v) is 6.98. The Morgan fingerprint density at radius 2 is 1.55 bits per heavy atom. The molecule has 4 N–H and O–H groups in total. The third-order valence-corrected chi connectivity index (χ3v) is 3.23. The van der Waals surface area contributed by atoms with Crippen molar-refractivity contribution >= 4 is 18.6 Å². The van der Waals surface area contributed by atoms with Crippen molar-refractivity contribution in [1.29, 1.82) is 0 Å². The van der Waals surface area contributed by atoms with Gasteiger partial charge in [0.1, 0.15) is 0 Å². The highest BCUT2D eigenvalue weighted by Gasteiger charge is 2.31. The molecule has 124 valence electrons. The number of hydrogen-bond acceptors (Lipinski definition) is 6. The summed E-state index contributed by atoms with van der Waals surface area (Å²) in [7, 11) is -1.66. The van der Waals surface area contributed by atoms with Gasteiger partial charge in [0.2, 0.25) is 0 Å². The second kappa shape index (κ2) is 8.29. The van der Waals surface area contributed by atoms with Crippen LogP contribution in [-0.4, -0.2) is 51.2 Å². The van der Waals surface area contributed by atoms with E-state index in [4.69, 9.17) is 25.0 Å². The Hall–Kier alpha value is -1.41. The molecule has 0 aromatic heterocycles. The van der Waals surface area contributed by atoms with Gasteiger partial charge in [0, 0.05) is 0 Å². The molecule has 0 heterocycles. The fourth-order valence-corrected chi connectivity index (χ4v) is 1.12. The second-order valence-corrected chi connectivity index (χ2v) is 5.80. The average Bonchev–Trinajstić information content (AvgIpc) is 2.37. The van der Waals surface area contributed by atoms with Gasteiger partial charge in [-0.3, -0.25) is 0 Å². The zero-order chi connectivity index (χ0) is 17.6. The Kier molecular flexibility index (Phi) is 7.76. The number of carbonyl (C=O) groups excluding carboxylic acids is 1. The molecule has 22 heavy (non-hydrogen) atoms. The van der Waals surface area contributed by atoms with E-state index in [1.165, 1.54) is 12.1 Å². The first kappa shape index (κ1) is 20.6. The summed E-state index contributed by atoms with van der Waals surface area (Å²) in [6, 6.07) is 6.22. The van der Waals surface area contributed by atoms with Gasteiger partial charge in [-0.15, -0.1) is 0 Å². The summed E-state index contributed by atoms with van der Waals surface area (Å²) in [4.78, 5) is 11.3. The van der Waals surface area contributed by atoms with Crippen LogP contribution in [0.3, 0.4) is 0 Å². The average molecular weight is 312 g/mol. The van der Waals surface area contributed by atoms with E-state index in [2.05, 4.69) is 0 Å². The van der Waals surface area contributed by atoms with Gasteiger partial charge in [0.15, 0.2) is 0 Å². The van der Waals surface area contributed by atoms with Gasteiger partial charge in [-0.2, -0.15) is 0 Å². The first-order valence-electron chi connectivity index (χ1n) is 6.98. The molecular weight excluding hydrogens is 287 g/mol. The Morgan fingerprint density at radius 1 is 1.09 bits per heavy atom. The van der Waals surface area contributed by atoms with Gasteiger partial charge in [0.05, 0.1) is 23.4 Å². The topological polar surface area (TPSA) is 107 Å². The minimum Gasteiger partial charge on any atom is -0.462 e. The molecule has 0 aliphatic rings. The van der Waals surface area contributed by atoms with Crippen LogP contribution >= 0.6 is 0 Å². The quantitative estimate of drug-likeness (QED) is 0.463. The molecule has 0 bridgehead atoms. The summed E-state index contributed by atoms with van der Waals surface area (Å²) < 4.78 is 4.76. The number of esters is 1. The molecule has 0 amide bonds. The van der Waals surface area contributed by atoms with Crippen LogP contribution in [0.1, 0.15) is 45.0 Å². The van der Waals surface area contributed by atoms with Crippen LogP contribution in [0.15, 0.2) is 24.3 Å². The number of aliphatic hydroxyl groups is 2. The molecule has 0 unspecified atom stereocenters. The van der Waals surface area contributed by atoms with E-state index in [0.29, 0.717) is 0 Å². The molecule has 0 aliphatic heterocycles. The highest BCUT2D eigenvalue weighted by Crippen LogP contribution is 2.19. The minimum atomic E-state index is -1.66. The van der Waals surface area contributed by atoms with Crippen molar-refractivity contribution in [3.8, 4) is 0 Å². The zero-order valence-corrected chi connectivity index (χ0v) is 13.7. The highest BCUT2D eigenvalue weighted by molar-refractivity contribution is 6.60. The van der Waals surface area contributed by atoms with Gasteiger partial charge in [-0.25, -0.2) is 4.79 Å². The molecule has 0 atom stereocenters. The minimum absolute atomic E-state index is 0.158. The zero-order valence-electron chi connectivity index (χ0n) is 13.7. The highest BCUT2D eigenvalue weighted by atomic mass is 16.5. The maximum atomic E-state index is 11.3. The van der Waals surface area contributed by atoms with Crippen molar-refractivity contribution in [3.63, 3.8) is 0 Å². The molecule has 7 heteroatoms. The first-order chi connectivity index (χ1) is 9.91. The maximum absolute atomic E-state index is 11.3. The summed E-state index contributed by atoms with van der Waals surface area (Å²) in [5.41, 5.74) is -1.67. The number of carbonyl (C=O) groups is 1. The van der Waals surface area contributed by atoms with Crippen molar-refractivity contribution in [2.45, 2.75) is 45.8 Å². The summed E-state index contributed by atoms with van der Waals surface area (Å²) in [5, 5.41) is 36.1. The van der Waals surface area contributed by atoms with Crippen LogP contribution in [0.2, 0.25) is 0 Å². The van der Waals surface area contributed by atoms with Gasteiger partial charge in [0.25, 0.3) is 0 Å². The van der Waals surface area contributed by atoms with Crippen molar-refractivity contribution in [2.75, 3.05) is 6.61 Å². The Labute approximate surface area is 131 Å². The van der Waals surface area contributed by atoms with Gasteiger partial charge >= 0.3 is 13.1 Å². The molecule has 0 spiro atoms. The maximum Gasteiger partial charge on any atom is 0.489 e. The fourth-order valence-electron chi connectivity index (χ4n) is 1.12. The van der Waals surface area contributed by atoms with Crippen LogP contribution in [0, 0.1) is 0 Å². The summed E-state index contributed by atoms with van der Waals surface area (Å²) in [5.74, 6) is -0.545. The second-order valence-electron chi connectivity index (χ2n) is 5.80. The number of benzene rings is 1. The predicted molar refractivity (Wildman–Crippen MR) is 84.8 cm³/mol. The van der Waals surface area contributed by atoms with Gasteiger partial charge < -0.3 is 25.0 Å². The Bertz CT molecular complexity index is 462. The SMILES string of the molecule is CC(C)(O)C(C)(C)O.CCOC(=O)c1ccccc1B(O)O. The molecule has 0 aliphatic carbocycles. The summed E-state index contributed by atoms with van der Waals surface area (Å²) in [6.45, 7) is 8.25. The van der Waals surface area contributed by atoms with Crippen LogP contribution in [0.4, 0.5) is 0 Å². The van der Waals surface area contributed by atoms with E-state index in [0.717, 1.165) is 0 Å². The lowest BCUT2D eigenvalue weighted by Crippen LogP contribution is -2.44. The lowest BCUT2D eigenvalue weighted by molar-refractivity contribution is -0.107. The molecule has 0 radical (unpaired) electrons. The normalized spacial score (nSPS) is 11.3. The van der Waals surface area contributed by atoms with Crippen molar-refractivity contribution < 1.29 is 29.8 Å². The van der Waals surface area contributed by atoms with E-state index in [9.17, 15) is 4.79 Å². The summed E-state index contributed by atoms with van der Waals surface area (Å²) >= 11 is 0. The van der Waals surface area contributed by atoms with Crippen LogP contribution < -0.4 is 5.46 Å². The molecule has 1 aromatic rings. The van der Waals surface area contributed by atoms with Crippen molar-refractivity contribution in [1.82, 2.24) is 0 Å². The molecule has 0 saturated heterocycles. The fraction of sp³-hybridized carbons (Fsp3) is 0.533. The number of hydrogen-bond donors (Lipinski definition) is 4. The molecule has 0 saturated carbocycles. The molecule has 1 aromatic carbocycles. The largest absolute Gasteiger partial charge is 0.489 e. The smallest absolute Gasteiger partial charge is 0.462 e. The van der Waals surface area contributed by atoms with E-state index < -0.39 is 24.3 Å². The Balaban J connectivity index is 0.000000472. The predicted octanol–water partition coefficient (Wildman–Crippen LogP) is 0.0713.